The van der Waals surface area contributed by atoms with Gasteiger partial charge >= 0.3 is 11.9 Å². The standard InChI is InChI=1S/C14H22N2O6S/c1-3-19-5-6-20-7-8-22-12(17)10-23-14-15-9-11(16-14)13(18)21-4-2/h9H,3-8,10H2,1-2H3,(H,15,16). The van der Waals surface area contributed by atoms with Crippen LogP contribution in [-0.4, -0.2) is 67.3 Å². The lowest BCUT2D eigenvalue weighted by Crippen LogP contribution is -2.14. The Hall–Kier alpha value is -1.58. The number of hydrogen-bond acceptors (Lipinski definition) is 8. The maximum atomic E-state index is 11.5. The highest BCUT2D eigenvalue weighted by atomic mass is 32.2. The fraction of sp³-hybridized carbons (Fsp3) is 0.643. The van der Waals surface area contributed by atoms with E-state index in [9.17, 15) is 9.59 Å². The second-order valence-corrected chi connectivity index (χ2v) is 5.10. The molecular weight excluding hydrogens is 324 g/mol. The second-order valence-electron chi connectivity index (χ2n) is 4.14. The van der Waals surface area contributed by atoms with Crippen molar-refractivity contribution in [3.05, 3.63) is 11.9 Å². The largest absolute Gasteiger partial charge is 0.463 e. The molecule has 0 atom stereocenters. The van der Waals surface area contributed by atoms with Crippen LogP contribution in [0.1, 0.15) is 24.3 Å². The average Bonchev–Trinajstić information content (AvgIpc) is 3.01. The Bertz CT molecular complexity index is 480. The Kier molecular flexibility index (Phi) is 10.1. The lowest BCUT2D eigenvalue weighted by atomic mass is 10.5. The summed E-state index contributed by atoms with van der Waals surface area (Å²) in [5, 5.41) is 0.456. The Morgan fingerprint density at radius 1 is 1.09 bits per heavy atom. The van der Waals surface area contributed by atoms with E-state index in [1.54, 1.807) is 6.92 Å². The first-order valence-electron chi connectivity index (χ1n) is 7.33. The number of carbonyl (C=O) groups excluding carboxylic acids is 2. The normalized spacial score (nSPS) is 10.5. The van der Waals surface area contributed by atoms with Gasteiger partial charge in [-0.2, -0.15) is 0 Å². The van der Waals surface area contributed by atoms with E-state index in [1.165, 1.54) is 6.20 Å². The number of rotatable bonds is 12. The molecule has 0 fully saturated rings. The molecule has 1 aromatic heterocycles. The third kappa shape index (κ3) is 8.58. The molecule has 8 nitrogen and oxygen atoms in total. The molecule has 0 aliphatic rings. The van der Waals surface area contributed by atoms with E-state index in [4.69, 9.17) is 18.9 Å². The average molecular weight is 346 g/mol. The zero-order valence-corrected chi connectivity index (χ0v) is 14.1. The number of nitrogens with zero attached hydrogens (tertiary/aromatic N) is 1. The van der Waals surface area contributed by atoms with Crippen molar-refractivity contribution in [2.45, 2.75) is 19.0 Å². The lowest BCUT2D eigenvalue weighted by molar-refractivity contribution is -0.142. The van der Waals surface area contributed by atoms with Gasteiger partial charge in [-0.25, -0.2) is 9.78 Å². The topological polar surface area (TPSA) is 99.7 Å². The van der Waals surface area contributed by atoms with Crippen molar-refractivity contribution < 1.29 is 28.5 Å². The summed E-state index contributed by atoms with van der Waals surface area (Å²) < 4.78 is 20.2. The van der Waals surface area contributed by atoms with Crippen molar-refractivity contribution in [3.63, 3.8) is 0 Å². The third-order valence-corrected chi connectivity index (χ3v) is 3.30. The van der Waals surface area contributed by atoms with Gasteiger partial charge in [0.05, 0.1) is 38.4 Å². The van der Waals surface area contributed by atoms with Crippen molar-refractivity contribution in [1.29, 1.82) is 0 Å². The van der Waals surface area contributed by atoms with Crippen molar-refractivity contribution in [2.24, 2.45) is 0 Å². The van der Waals surface area contributed by atoms with Crippen LogP contribution in [0.2, 0.25) is 0 Å². The molecule has 0 spiro atoms. The number of aromatic nitrogens is 2. The summed E-state index contributed by atoms with van der Waals surface area (Å²) in [5.41, 5.74) is 0.255. The first kappa shape index (κ1) is 19.5. The Morgan fingerprint density at radius 3 is 2.57 bits per heavy atom. The summed E-state index contributed by atoms with van der Waals surface area (Å²) in [7, 11) is 0. The van der Waals surface area contributed by atoms with Crippen molar-refractivity contribution >= 4 is 23.7 Å². The van der Waals surface area contributed by atoms with E-state index in [1.807, 2.05) is 6.92 Å². The summed E-state index contributed by atoms with van der Waals surface area (Å²) in [5.74, 6) is -0.759. The van der Waals surface area contributed by atoms with Gasteiger partial charge < -0.3 is 23.9 Å². The van der Waals surface area contributed by atoms with Crippen LogP contribution in [0.3, 0.4) is 0 Å². The minimum Gasteiger partial charge on any atom is -0.463 e. The number of esters is 2. The van der Waals surface area contributed by atoms with E-state index in [0.717, 1.165) is 11.8 Å². The van der Waals surface area contributed by atoms with Crippen LogP contribution in [0.5, 0.6) is 0 Å². The molecule has 1 heterocycles. The zero-order chi connectivity index (χ0) is 16.9. The van der Waals surface area contributed by atoms with Gasteiger partial charge in [0.15, 0.2) is 5.16 Å². The van der Waals surface area contributed by atoms with Gasteiger partial charge in [0.25, 0.3) is 0 Å². The molecule has 0 amide bonds. The van der Waals surface area contributed by atoms with Crippen LogP contribution in [-0.2, 0) is 23.7 Å². The maximum Gasteiger partial charge on any atom is 0.356 e. The predicted octanol–water partition coefficient (Wildman–Crippen LogP) is 1.27. The molecule has 0 unspecified atom stereocenters. The minimum atomic E-state index is -0.473. The van der Waals surface area contributed by atoms with E-state index in [0.29, 0.717) is 38.2 Å². The van der Waals surface area contributed by atoms with Gasteiger partial charge in [-0.3, -0.25) is 4.79 Å². The van der Waals surface area contributed by atoms with E-state index in [2.05, 4.69) is 9.97 Å². The smallest absolute Gasteiger partial charge is 0.356 e. The molecule has 0 radical (unpaired) electrons. The monoisotopic (exact) mass is 346 g/mol. The van der Waals surface area contributed by atoms with Crippen LogP contribution >= 0.6 is 11.8 Å². The third-order valence-electron chi connectivity index (χ3n) is 2.44. The van der Waals surface area contributed by atoms with Crippen LogP contribution in [0.15, 0.2) is 11.4 Å². The SMILES string of the molecule is CCOCCOCCOC(=O)CSc1ncc(C(=O)OCC)[nH]1. The number of nitrogens with one attached hydrogen (secondary N) is 1. The number of aromatic amines is 1. The minimum absolute atomic E-state index is 0.0920. The molecule has 1 aromatic rings. The molecule has 9 heteroatoms. The van der Waals surface area contributed by atoms with Crippen molar-refractivity contribution in [3.8, 4) is 0 Å². The van der Waals surface area contributed by atoms with Crippen LogP contribution in [0, 0.1) is 0 Å². The number of thioether (sulfide) groups is 1. The second kappa shape index (κ2) is 11.9. The number of imidazole rings is 1. The Balaban J connectivity index is 2.12. The zero-order valence-electron chi connectivity index (χ0n) is 13.3. The van der Waals surface area contributed by atoms with Gasteiger partial charge in [0.1, 0.15) is 12.3 Å². The number of hydrogen-bond donors (Lipinski definition) is 1. The molecule has 1 rings (SSSR count). The molecule has 0 bridgehead atoms. The number of carbonyl (C=O) groups is 2. The summed E-state index contributed by atoms with van der Waals surface area (Å²) in [4.78, 5) is 29.8. The van der Waals surface area contributed by atoms with Gasteiger partial charge in [-0.15, -0.1) is 0 Å². The number of H-pyrrole nitrogens is 1. The quantitative estimate of drug-likeness (QED) is 0.343. The highest BCUT2D eigenvalue weighted by molar-refractivity contribution is 7.99. The predicted molar refractivity (Wildman–Crippen MR) is 83.5 cm³/mol. The van der Waals surface area contributed by atoms with Crippen LogP contribution < -0.4 is 0 Å². The summed E-state index contributed by atoms with van der Waals surface area (Å²) >= 11 is 1.15. The molecule has 0 aromatic carbocycles. The van der Waals surface area contributed by atoms with E-state index in [-0.39, 0.29) is 24.0 Å². The molecule has 23 heavy (non-hydrogen) atoms. The first-order chi connectivity index (χ1) is 11.2. The molecular formula is C14H22N2O6S. The van der Waals surface area contributed by atoms with Gasteiger partial charge in [0.2, 0.25) is 0 Å². The van der Waals surface area contributed by atoms with E-state index >= 15 is 0 Å². The van der Waals surface area contributed by atoms with Gasteiger partial charge in [-0.05, 0) is 13.8 Å². The highest BCUT2D eigenvalue weighted by Crippen LogP contribution is 2.14. The van der Waals surface area contributed by atoms with Crippen LogP contribution in [0.4, 0.5) is 0 Å². The van der Waals surface area contributed by atoms with E-state index < -0.39 is 5.97 Å². The fourth-order valence-electron chi connectivity index (χ4n) is 1.44. The summed E-state index contributed by atoms with van der Waals surface area (Å²) in [6.07, 6.45) is 1.37. The molecule has 0 saturated heterocycles. The maximum absolute atomic E-state index is 11.5. The molecule has 0 saturated carbocycles. The molecule has 0 aliphatic carbocycles. The first-order valence-corrected chi connectivity index (χ1v) is 8.32. The van der Waals surface area contributed by atoms with Gasteiger partial charge in [0, 0.05) is 6.61 Å². The number of ether oxygens (including phenoxy) is 4. The van der Waals surface area contributed by atoms with Gasteiger partial charge in [-0.1, -0.05) is 11.8 Å². The highest BCUT2D eigenvalue weighted by Gasteiger charge is 2.12. The Morgan fingerprint density at radius 2 is 1.83 bits per heavy atom. The van der Waals surface area contributed by atoms with Crippen molar-refractivity contribution in [1.82, 2.24) is 9.97 Å². The fourth-order valence-corrected chi connectivity index (χ4v) is 2.08. The Labute approximate surface area is 139 Å². The summed E-state index contributed by atoms with van der Waals surface area (Å²) in [6.45, 7) is 6.11. The lowest BCUT2D eigenvalue weighted by Gasteiger charge is -2.05. The summed E-state index contributed by atoms with van der Waals surface area (Å²) in [6, 6.07) is 0. The molecule has 0 aliphatic heterocycles. The van der Waals surface area contributed by atoms with Crippen LogP contribution in [0.25, 0.3) is 0 Å². The van der Waals surface area contributed by atoms with Crippen molar-refractivity contribution in [2.75, 3.05) is 45.4 Å². The molecule has 130 valence electrons. The molecule has 1 N–H and O–H groups in total.